The molecule has 0 saturated carbocycles. The number of rotatable bonds is 9. The molecule has 0 unspecified atom stereocenters. The van der Waals surface area contributed by atoms with E-state index in [2.05, 4.69) is 5.32 Å². The van der Waals surface area contributed by atoms with Gasteiger partial charge in [-0.05, 0) is 49.8 Å². The van der Waals surface area contributed by atoms with Gasteiger partial charge in [-0.15, -0.1) is 0 Å². The molecule has 1 aromatic carbocycles. The van der Waals surface area contributed by atoms with Gasteiger partial charge in [-0.3, -0.25) is 4.79 Å². The molecule has 2 aliphatic rings. The van der Waals surface area contributed by atoms with Crippen molar-refractivity contribution in [1.82, 2.24) is 9.62 Å². The minimum atomic E-state index is -3.16. The molecule has 2 heterocycles. The first-order valence-corrected chi connectivity index (χ1v) is 11.3. The fourth-order valence-electron chi connectivity index (χ4n) is 3.37. The molecule has 2 aliphatic heterocycles. The van der Waals surface area contributed by atoms with Crippen molar-refractivity contribution in [1.29, 1.82) is 0 Å². The van der Waals surface area contributed by atoms with Crippen molar-refractivity contribution < 1.29 is 22.7 Å². The third kappa shape index (κ3) is 5.84. The molecular weight excluding hydrogens is 368 g/mol. The van der Waals surface area contributed by atoms with Crippen molar-refractivity contribution in [2.45, 2.75) is 44.9 Å². The fraction of sp³-hybridized carbons (Fsp3) is 0.632. The Labute approximate surface area is 161 Å². The average Bonchev–Trinajstić information content (AvgIpc) is 3.14. The third-order valence-electron chi connectivity index (χ3n) is 4.94. The molecule has 0 atom stereocenters. The molecule has 1 N–H and O–H groups in total. The van der Waals surface area contributed by atoms with Gasteiger partial charge < -0.3 is 14.8 Å². The minimum Gasteiger partial charge on any atom is -0.454 e. The number of fused-ring (bicyclic) bond motifs is 1. The summed E-state index contributed by atoms with van der Waals surface area (Å²) in [5.41, 5.74) is 1.08. The molecule has 150 valence electrons. The van der Waals surface area contributed by atoms with E-state index in [-0.39, 0.29) is 18.5 Å². The smallest absolute Gasteiger partial charge is 0.231 e. The van der Waals surface area contributed by atoms with Crippen LogP contribution in [0.2, 0.25) is 0 Å². The van der Waals surface area contributed by atoms with Crippen LogP contribution in [0.25, 0.3) is 0 Å². The summed E-state index contributed by atoms with van der Waals surface area (Å²) in [6, 6.07) is 5.77. The Morgan fingerprint density at radius 3 is 2.67 bits per heavy atom. The van der Waals surface area contributed by atoms with E-state index in [9.17, 15) is 13.2 Å². The van der Waals surface area contributed by atoms with E-state index < -0.39 is 10.0 Å². The summed E-state index contributed by atoms with van der Waals surface area (Å²) < 4.78 is 36.7. The number of nitrogens with one attached hydrogen (secondary N) is 1. The summed E-state index contributed by atoms with van der Waals surface area (Å²) in [5, 5.41) is 2.89. The SMILES string of the molecule is O=C(CCCCS(=O)(=O)N1CCCCC1)NCCc1ccc2c(c1)OCO2. The molecular formula is C19H28N2O5S. The van der Waals surface area contributed by atoms with Crippen LogP contribution in [0.1, 0.15) is 44.1 Å². The molecule has 3 rings (SSSR count). The summed E-state index contributed by atoms with van der Waals surface area (Å²) in [4.78, 5) is 11.9. The fourth-order valence-corrected chi connectivity index (χ4v) is 5.01. The van der Waals surface area contributed by atoms with Gasteiger partial charge in [0.25, 0.3) is 0 Å². The number of unbranched alkanes of at least 4 members (excludes halogenated alkanes) is 1. The van der Waals surface area contributed by atoms with Gasteiger partial charge in [-0.25, -0.2) is 12.7 Å². The molecule has 7 nitrogen and oxygen atoms in total. The quantitative estimate of drug-likeness (QED) is 0.646. The van der Waals surface area contributed by atoms with Gasteiger partial charge in [-0.1, -0.05) is 12.5 Å². The number of benzene rings is 1. The summed E-state index contributed by atoms with van der Waals surface area (Å²) in [7, 11) is -3.16. The Kier molecular flexibility index (Phi) is 6.95. The number of hydrogen-bond acceptors (Lipinski definition) is 5. The van der Waals surface area contributed by atoms with E-state index in [0.717, 1.165) is 36.3 Å². The lowest BCUT2D eigenvalue weighted by atomic mass is 10.1. The molecule has 0 radical (unpaired) electrons. The molecule has 1 aromatic rings. The number of carbonyl (C=O) groups excluding carboxylic acids is 1. The minimum absolute atomic E-state index is 0.0360. The second-order valence-electron chi connectivity index (χ2n) is 7.02. The first-order chi connectivity index (χ1) is 13.0. The monoisotopic (exact) mass is 396 g/mol. The number of amides is 1. The van der Waals surface area contributed by atoms with Gasteiger partial charge in [0, 0.05) is 26.1 Å². The van der Waals surface area contributed by atoms with Crippen LogP contribution in [0.15, 0.2) is 18.2 Å². The van der Waals surface area contributed by atoms with Crippen LogP contribution >= 0.6 is 0 Å². The molecule has 1 fully saturated rings. The van der Waals surface area contributed by atoms with Gasteiger partial charge >= 0.3 is 0 Å². The molecule has 0 spiro atoms. The number of hydrogen-bond donors (Lipinski definition) is 1. The van der Waals surface area contributed by atoms with Gasteiger partial charge in [0.15, 0.2) is 11.5 Å². The van der Waals surface area contributed by atoms with Crippen molar-refractivity contribution in [3.05, 3.63) is 23.8 Å². The van der Waals surface area contributed by atoms with Crippen molar-refractivity contribution in [3.8, 4) is 11.5 Å². The van der Waals surface area contributed by atoms with E-state index in [4.69, 9.17) is 9.47 Å². The van der Waals surface area contributed by atoms with Gasteiger partial charge in [0.05, 0.1) is 5.75 Å². The van der Waals surface area contributed by atoms with Crippen LogP contribution in [0.4, 0.5) is 0 Å². The van der Waals surface area contributed by atoms with Gasteiger partial charge in [-0.2, -0.15) is 0 Å². The third-order valence-corrected chi connectivity index (χ3v) is 6.89. The van der Waals surface area contributed by atoms with Crippen molar-refractivity contribution in [3.63, 3.8) is 0 Å². The maximum atomic E-state index is 12.2. The Morgan fingerprint density at radius 1 is 1.07 bits per heavy atom. The van der Waals surface area contributed by atoms with Crippen LogP contribution in [-0.4, -0.2) is 50.8 Å². The molecule has 1 saturated heterocycles. The number of piperidine rings is 1. The van der Waals surface area contributed by atoms with Crippen LogP contribution in [0.3, 0.4) is 0 Å². The normalized spacial score (nSPS) is 17.0. The van der Waals surface area contributed by atoms with E-state index in [1.54, 1.807) is 4.31 Å². The van der Waals surface area contributed by atoms with Crippen molar-refractivity contribution in [2.24, 2.45) is 0 Å². The van der Waals surface area contributed by atoms with E-state index in [1.165, 1.54) is 0 Å². The number of nitrogens with zero attached hydrogens (tertiary/aromatic N) is 1. The average molecular weight is 397 g/mol. The van der Waals surface area contributed by atoms with E-state index >= 15 is 0 Å². The number of ether oxygens (including phenoxy) is 2. The lowest BCUT2D eigenvalue weighted by Crippen LogP contribution is -2.37. The van der Waals surface area contributed by atoms with E-state index in [0.29, 0.717) is 45.3 Å². The summed E-state index contributed by atoms with van der Waals surface area (Å²) >= 11 is 0. The highest BCUT2D eigenvalue weighted by atomic mass is 32.2. The predicted octanol–water partition coefficient (Wildman–Crippen LogP) is 2.06. The van der Waals surface area contributed by atoms with E-state index in [1.807, 2.05) is 18.2 Å². The molecule has 0 aliphatic carbocycles. The Morgan fingerprint density at radius 2 is 1.85 bits per heavy atom. The first-order valence-electron chi connectivity index (χ1n) is 9.68. The Hall–Kier alpha value is -1.80. The van der Waals surface area contributed by atoms with Crippen LogP contribution in [-0.2, 0) is 21.2 Å². The predicted molar refractivity (Wildman–Crippen MR) is 102 cm³/mol. The van der Waals surface area contributed by atoms with Crippen LogP contribution < -0.4 is 14.8 Å². The molecule has 8 heteroatoms. The van der Waals surface area contributed by atoms with Crippen LogP contribution in [0, 0.1) is 0 Å². The van der Waals surface area contributed by atoms with Crippen molar-refractivity contribution >= 4 is 15.9 Å². The highest BCUT2D eigenvalue weighted by Gasteiger charge is 2.23. The maximum Gasteiger partial charge on any atom is 0.231 e. The number of sulfonamides is 1. The first kappa shape index (κ1) is 19.9. The molecule has 1 amide bonds. The van der Waals surface area contributed by atoms with Crippen LogP contribution in [0.5, 0.6) is 11.5 Å². The zero-order chi connectivity index (χ0) is 19.1. The largest absolute Gasteiger partial charge is 0.454 e. The standard InChI is InChI=1S/C19H28N2O5S/c22-19(6-2-5-13-27(23,24)21-11-3-1-4-12-21)20-10-9-16-7-8-17-18(14-16)26-15-25-17/h7-8,14H,1-6,9-13,15H2,(H,20,22). The zero-order valence-electron chi connectivity index (χ0n) is 15.6. The van der Waals surface area contributed by atoms with Crippen molar-refractivity contribution in [2.75, 3.05) is 32.2 Å². The Bertz CT molecular complexity index is 744. The second-order valence-corrected chi connectivity index (χ2v) is 9.11. The highest BCUT2D eigenvalue weighted by molar-refractivity contribution is 7.89. The van der Waals surface area contributed by atoms with Gasteiger partial charge in [0.1, 0.15) is 0 Å². The highest BCUT2D eigenvalue weighted by Crippen LogP contribution is 2.32. The Balaban J connectivity index is 1.29. The summed E-state index contributed by atoms with van der Waals surface area (Å²) in [6.07, 6.45) is 5.19. The van der Waals surface area contributed by atoms with Gasteiger partial charge in [0.2, 0.25) is 22.7 Å². The lowest BCUT2D eigenvalue weighted by molar-refractivity contribution is -0.121. The summed E-state index contributed by atoms with van der Waals surface area (Å²) in [5.74, 6) is 1.60. The maximum absolute atomic E-state index is 12.2. The molecule has 27 heavy (non-hydrogen) atoms. The number of carbonyl (C=O) groups is 1. The lowest BCUT2D eigenvalue weighted by Gasteiger charge is -2.25. The molecule has 0 aromatic heterocycles. The molecule has 0 bridgehead atoms. The second kappa shape index (κ2) is 9.41. The summed E-state index contributed by atoms with van der Waals surface area (Å²) in [6.45, 7) is 2.08. The topological polar surface area (TPSA) is 84.9 Å². The zero-order valence-corrected chi connectivity index (χ0v) is 16.4.